The van der Waals surface area contributed by atoms with E-state index in [2.05, 4.69) is 9.97 Å². The van der Waals surface area contributed by atoms with Gasteiger partial charge in [-0.3, -0.25) is 0 Å². The van der Waals surface area contributed by atoms with Crippen LogP contribution < -0.4 is 5.73 Å². The molecule has 116 valence electrons. The Morgan fingerprint density at radius 2 is 1.91 bits per heavy atom. The van der Waals surface area contributed by atoms with Crippen LogP contribution in [0.25, 0.3) is 11.4 Å². The van der Waals surface area contributed by atoms with Crippen LogP contribution in [0.15, 0.2) is 18.2 Å². The average molecular weight is 303 g/mol. The molecule has 1 aromatic heterocycles. The minimum Gasteiger partial charge on any atom is -0.477 e. The third kappa shape index (κ3) is 2.90. The zero-order chi connectivity index (χ0) is 16.7. The molecule has 0 unspecified atom stereocenters. The second-order valence-corrected chi connectivity index (χ2v) is 6.14. The zero-order valence-electron chi connectivity index (χ0n) is 12.9. The number of nitrogens with two attached hydrogens (primary N) is 1. The Bertz CT molecular complexity index is 729. The number of hydrogen-bond acceptors (Lipinski definition) is 4. The van der Waals surface area contributed by atoms with Crippen LogP contribution in [0.1, 0.15) is 42.4 Å². The van der Waals surface area contributed by atoms with Crippen molar-refractivity contribution in [1.82, 2.24) is 9.97 Å². The number of hydrogen-bond donors (Lipinski definition) is 2. The van der Waals surface area contributed by atoms with E-state index in [0.717, 1.165) is 0 Å². The number of nitrogens with zero attached hydrogens (tertiary/aromatic N) is 2. The Morgan fingerprint density at radius 3 is 2.36 bits per heavy atom. The first kappa shape index (κ1) is 15.9. The molecular formula is C16H18FN3O2. The second-order valence-electron chi connectivity index (χ2n) is 6.14. The van der Waals surface area contributed by atoms with Crippen LogP contribution in [-0.4, -0.2) is 21.0 Å². The Balaban J connectivity index is 2.54. The minimum atomic E-state index is -1.18. The molecule has 0 aliphatic carbocycles. The highest BCUT2D eigenvalue weighted by molar-refractivity contribution is 5.94. The first-order chi connectivity index (χ1) is 10.1. The minimum absolute atomic E-state index is 0.129. The van der Waals surface area contributed by atoms with Crippen molar-refractivity contribution >= 4 is 11.8 Å². The number of carboxylic acid groups (broad SMARTS) is 1. The highest BCUT2D eigenvalue weighted by Gasteiger charge is 2.20. The fraction of sp³-hybridized carbons (Fsp3) is 0.312. The van der Waals surface area contributed by atoms with E-state index < -0.39 is 5.97 Å². The van der Waals surface area contributed by atoms with Crippen LogP contribution >= 0.6 is 0 Å². The molecule has 22 heavy (non-hydrogen) atoms. The summed E-state index contributed by atoms with van der Waals surface area (Å²) in [7, 11) is 0. The summed E-state index contributed by atoms with van der Waals surface area (Å²) < 4.78 is 14.3. The van der Waals surface area contributed by atoms with E-state index in [1.807, 2.05) is 20.8 Å². The zero-order valence-corrected chi connectivity index (χ0v) is 12.9. The van der Waals surface area contributed by atoms with Gasteiger partial charge in [-0.1, -0.05) is 32.9 Å². The van der Waals surface area contributed by atoms with E-state index >= 15 is 0 Å². The van der Waals surface area contributed by atoms with Gasteiger partial charge in [0.2, 0.25) is 0 Å². The number of halogens is 1. The molecule has 0 spiro atoms. The van der Waals surface area contributed by atoms with Crippen LogP contribution in [-0.2, 0) is 5.41 Å². The molecule has 0 radical (unpaired) electrons. The van der Waals surface area contributed by atoms with Crippen molar-refractivity contribution in [1.29, 1.82) is 0 Å². The van der Waals surface area contributed by atoms with Crippen molar-refractivity contribution in [2.75, 3.05) is 5.73 Å². The number of nitrogen functional groups attached to an aromatic ring is 1. The molecule has 0 saturated carbocycles. The van der Waals surface area contributed by atoms with Crippen molar-refractivity contribution in [2.45, 2.75) is 33.1 Å². The quantitative estimate of drug-likeness (QED) is 0.889. The van der Waals surface area contributed by atoms with Gasteiger partial charge in [0.05, 0.1) is 5.69 Å². The largest absolute Gasteiger partial charge is 0.477 e. The van der Waals surface area contributed by atoms with Gasteiger partial charge in [0.1, 0.15) is 17.2 Å². The first-order valence-corrected chi connectivity index (χ1v) is 6.79. The summed E-state index contributed by atoms with van der Waals surface area (Å²) in [5.74, 6) is -1.46. The van der Waals surface area contributed by atoms with Crippen LogP contribution in [0, 0.1) is 12.7 Å². The molecule has 2 rings (SSSR count). The number of carbonyl (C=O) groups is 1. The van der Waals surface area contributed by atoms with E-state index in [1.165, 1.54) is 13.0 Å². The Hall–Kier alpha value is -2.50. The van der Waals surface area contributed by atoms with Gasteiger partial charge >= 0.3 is 5.97 Å². The van der Waals surface area contributed by atoms with Crippen molar-refractivity contribution in [3.05, 3.63) is 40.8 Å². The molecule has 0 atom stereocenters. The van der Waals surface area contributed by atoms with E-state index in [-0.39, 0.29) is 34.1 Å². The Morgan fingerprint density at radius 1 is 1.27 bits per heavy atom. The van der Waals surface area contributed by atoms with Gasteiger partial charge in [-0.05, 0) is 24.0 Å². The molecule has 3 N–H and O–H groups in total. The van der Waals surface area contributed by atoms with Crippen molar-refractivity contribution in [3.8, 4) is 11.4 Å². The summed E-state index contributed by atoms with van der Waals surface area (Å²) in [6.45, 7) is 7.30. The lowest BCUT2D eigenvalue weighted by Crippen LogP contribution is -2.14. The molecule has 2 aromatic rings. The predicted molar refractivity (Wildman–Crippen MR) is 82.2 cm³/mol. The summed E-state index contributed by atoms with van der Waals surface area (Å²) in [4.78, 5) is 19.2. The van der Waals surface area contributed by atoms with Gasteiger partial charge in [-0.15, -0.1) is 0 Å². The number of aryl methyl sites for hydroxylation is 1. The summed E-state index contributed by atoms with van der Waals surface area (Å²) in [5, 5.41) is 9.06. The molecular weight excluding hydrogens is 285 g/mol. The summed E-state index contributed by atoms with van der Waals surface area (Å²) >= 11 is 0. The van der Waals surface area contributed by atoms with Crippen LogP contribution in [0.5, 0.6) is 0 Å². The molecule has 0 aliphatic rings. The van der Waals surface area contributed by atoms with Gasteiger partial charge in [-0.25, -0.2) is 19.2 Å². The molecule has 0 bridgehead atoms. The topological polar surface area (TPSA) is 89.1 Å². The number of aromatic nitrogens is 2. The average Bonchev–Trinajstić information content (AvgIpc) is 2.35. The fourth-order valence-corrected chi connectivity index (χ4v) is 2.25. The molecule has 6 heteroatoms. The molecule has 0 aliphatic heterocycles. The van der Waals surface area contributed by atoms with Gasteiger partial charge < -0.3 is 10.8 Å². The smallest absolute Gasteiger partial charge is 0.341 e. The molecule has 0 fully saturated rings. The maximum atomic E-state index is 14.3. The van der Waals surface area contributed by atoms with Crippen molar-refractivity contribution in [2.24, 2.45) is 0 Å². The second kappa shape index (κ2) is 5.36. The van der Waals surface area contributed by atoms with Gasteiger partial charge in [-0.2, -0.15) is 0 Å². The van der Waals surface area contributed by atoms with Gasteiger partial charge in [0.25, 0.3) is 0 Å². The molecule has 0 amide bonds. The standard InChI is InChI=1S/C16H18FN3O2/c1-8-12(15(21)22)13(18)20-14(19-8)9-5-6-10(11(17)7-9)16(2,3)4/h5-7H,1-4H3,(H,21,22)(H2,18,19,20). The highest BCUT2D eigenvalue weighted by atomic mass is 19.1. The fourth-order valence-electron chi connectivity index (χ4n) is 2.25. The maximum Gasteiger partial charge on any atom is 0.341 e. The van der Waals surface area contributed by atoms with Crippen LogP contribution in [0.4, 0.5) is 10.2 Å². The lowest BCUT2D eigenvalue weighted by atomic mass is 9.86. The number of aromatic carboxylic acids is 1. The predicted octanol–water partition coefficient (Wildman–Crippen LogP) is 3.17. The Labute approximate surface area is 128 Å². The van der Waals surface area contributed by atoms with E-state index in [4.69, 9.17) is 10.8 Å². The number of anilines is 1. The Kier molecular flexibility index (Phi) is 3.87. The van der Waals surface area contributed by atoms with Crippen LogP contribution in [0.2, 0.25) is 0 Å². The highest BCUT2D eigenvalue weighted by Crippen LogP contribution is 2.28. The van der Waals surface area contributed by atoms with Crippen LogP contribution in [0.3, 0.4) is 0 Å². The summed E-state index contributed by atoms with van der Waals surface area (Å²) in [6, 6.07) is 4.73. The number of rotatable bonds is 2. The van der Waals surface area contributed by atoms with E-state index in [1.54, 1.807) is 12.1 Å². The van der Waals surface area contributed by atoms with Crippen molar-refractivity contribution in [3.63, 3.8) is 0 Å². The van der Waals surface area contributed by atoms with Gasteiger partial charge in [0, 0.05) is 5.56 Å². The van der Waals surface area contributed by atoms with E-state index in [0.29, 0.717) is 11.1 Å². The number of carboxylic acids is 1. The maximum absolute atomic E-state index is 14.3. The summed E-state index contributed by atoms with van der Waals surface area (Å²) in [5.41, 5.74) is 6.52. The third-order valence-electron chi connectivity index (χ3n) is 3.37. The lowest BCUT2D eigenvalue weighted by Gasteiger charge is -2.20. The molecule has 0 saturated heterocycles. The monoisotopic (exact) mass is 303 g/mol. The first-order valence-electron chi connectivity index (χ1n) is 6.79. The lowest BCUT2D eigenvalue weighted by molar-refractivity contribution is 0.0696. The molecule has 1 aromatic carbocycles. The normalized spacial score (nSPS) is 11.5. The summed E-state index contributed by atoms with van der Waals surface area (Å²) in [6.07, 6.45) is 0. The number of benzene rings is 1. The molecule has 5 nitrogen and oxygen atoms in total. The van der Waals surface area contributed by atoms with Crippen molar-refractivity contribution < 1.29 is 14.3 Å². The van der Waals surface area contributed by atoms with Gasteiger partial charge in [0.15, 0.2) is 5.82 Å². The molecule has 1 heterocycles. The van der Waals surface area contributed by atoms with E-state index in [9.17, 15) is 9.18 Å². The SMILES string of the molecule is Cc1nc(-c2ccc(C(C)(C)C)c(F)c2)nc(N)c1C(=O)O. The third-order valence-corrected chi connectivity index (χ3v) is 3.37.